The molecule has 2 N–H and O–H groups in total. The van der Waals surface area contributed by atoms with E-state index in [1.54, 1.807) is 43.3 Å². The predicted octanol–water partition coefficient (Wildman–Crippen LogP) is 2.97. The van der Waals surface area contributed by atoms with Crippen molar-refractivity contribution < 1.29 is 19.1 Å². The number of carbonyl (C=O) groups excluding carboxylic acids is 2. The maximum atomic E-state index is 12.6. The summed E-state index contributed by atoms with van der Waals surface area (Å²) in [6, 6.07) is 11.7. The first-order valence-corrected chi connectivity index (χ1v) is 8.32. The molecule has 0 aliphatic rings. The molecule has 0 radical (unpaired) electrons. The number of esters is 1. The largest absolute Gasteiger partial charge is 0.496 e. The number of nitrogens with one attached hydrogen (secondary N) is 2. The normalized spacial score (nSPS) is 10.4. The number of ether oxygens (including phenoxy) is 2. The lowest BCUT2D eigenvalue weighted by Crippen LogP contribution is -2.18. The zero-order chi connectivity index (χ0) is 19.4. The molecule has 1 amide bonds. The number of pyridine rings is 1. The molecule has 7 nitrogen and oxygen atoms in total. The summed E-state index contributed by atoms with van der Waals surface area (Å²) < 4.78 is 10.1. The molecule has 0 spiro atoms. The number of anilines is 1. The number of H-pyrrole nitrogens is 1. The Morgan fingerprint density at radius 2 is 1.89 bits per heavy atom. The highest BCUT2D eigenvalue weighted by Crippen LogP contribution is 2.21. The van der Waals surface area contributed by atoms with E-state index >= 15 is 0 Å². The van der Waals surface area contributed by atoms with E-state index in [4.69, 9.17) is 9.47 Å². The van der Waals surface area contributed by atoms with Crippen molar-refractivity contribution in [2.75, 3.05) is 19.0 Å². The molecule has 3 aromatic rings. The van der Waals surface area contributed by atoms with E-state index in [1.807, 2.05) is 0 Å². The fourth-order valence-electron chi connectivity index (χ4n) is 2.69. The summed E-state index contributed by atoms with van der Waals surface area (Å²) in [6.07, 6.45) is 1.33. The third-order valence-corrected chi connectivity index (χ3v) is 3.99. The number of amides is 1. The minimum atomic E-state index is -0.691. The molecule has 27 heavy (non-hydrogen) atoms. The van der Waals surface area contributed by atoms with Crippen molar-refractivity contribution >= 4 is 28.5 Å². The second-order valence-electron chi connectivity index (χ2n) is 5.67. The number of benzene rings is 2. The Balaban J connectivity index is 1.96. The van der Waals surface area contributed by atoms with Gasteiger partial charge in [0.15, 0.2) is 0 Å². The van der Waals surface area contributed by atoms with Gasteiger partial charge in [0.05, 0.1) is 19.3 Å². The van der Waals surface area contributed by atoms with E-state index < -0.39 is 11.4 Å². The molecule has 7 heteroatoms. The summed E-state index contributed by atoms with van der Waals surface area (Å²) >= 11 is 0. The van der Waals surface area contributed by atoms with Gasteiger partial charge < -0.3 is 19.8 Å². The molecule has 3 rings (SSSR count). The number of hydrogen-bond donors (Lipinski definition) is 2. The Bertz CT molecular complexity index is 1070. The number of methoxy groups -OCH3 is 1. The van der Waals surface area contributed by atoms with Crippen molar-refractivity contribution in [1.82, 2.24) is 4.98 Å². The zero-order valence-electron chi connectivity index (χ0n) is 14.9. The van der Waals surface area contributed by atoms with Crippen molar-refractivity contribution in [3.63, 3.8) is 0 Å². The minimum absolute atomic E-state index is 0.0856. The summed E-state index contributed by atoms with van der Waals surface area (Å²) in [5.74, 6) is -0.618. The molecule has 1 aromatic heterocycles. The maximum absolute atomic E-state index is 12.6. The van der Waals surface area contributed by atoms with Crippen LogP contribution in [0.5, 0.6) is 5.75 Å². The first-order chi connectivity index (χ1) is 13.0. The maximum Gasteiger partial charge on any atom is 0.343 e. The highest BCUT2D eigenvalue weighted by atomic mass is 16.5. The van der Waals surface area contributed by atoms with Crippen LogP contribution < -0.4 is 15.5 Å². The van der Waals surface area contributed by atoms with Gasteiger partial charge in [-0.25, -0.2) is 4.79 Å². The van der Waals surface area contributed by atoms with Crippen LogP contribution in [0.2, 0.25) is 0 Å². The van der Waals surface area contributed by atoms with Crippen LogP contribution in [0.25, 0.3) is 10.9 Å². The number of hydrogen-bond acceptors (Lipinski definition) is 5. The van der Waals surface area contributed by atoms with Crippen LogP contribution in [0.4, 0.5) is 5.69 Å². The quantitative estimate of drug-likeness (QED) is 0.677. The van der Waals surface area contributed by atoms with Gasteiger partial charge in [-0.3, -0.25) is 9.59 Å². The van der Waals surface area contributed by atoms with E-state index in [-0.39, 0.29) is 23.5 Å². The van der Waals surface area contributed by atoms with Crippen LogP contribution in [0, 0.1) is 0 Å². The van der Waals surface area contributed by atoms with Crippen LogP contribution in [0.1, 0.15) is 27.6 Å². The van der Waals surface area contributed by atoms with Gasteiger partial charge >= 0.3 is 5.97 Å². The zero-order valence-corrected chi connectivity index (χ0v) is 14.9. The van der Waals surface area contributed by atoms with E-state index in [0.29, 0.717) is 22.5 Å². The topological polar surface area (TPSA) is 97.5 Å². The van der Waals surface area contributed by atoms with Crippen LogP contribution in [-0.4, -0.2) is 30.6 Å². The van der Waals surface area contributed by atoms with Gasteiger partial charge in [-0.2, -0.15) is 0 Å². The molecule has 0 fully saturated rings. The molecule has 1 heterocycles. The number of fused-ring (bicyclic) bond motifs is 1. The van der Waals surface area contributed by atoms with Gasteiger partial charge in [0.2, 0.25) is 5.43 Å². The van der Waals surface area contributed by atoms with Crippen LogP contribution in [0.15, 0.2) is 53.5 Å². The molecular weight excluding hydrogens is 348 g/mol. The lowest BCUT2D eigenvalue weighted by atomic mass is 10.1. The second kappa shape index (κ2) is 7.74. The number of aromatic amines is 1. The van der Waals surface area contributed by atoms with E-state index in [1.165, 1.54) is 19.4 Å². The molecule has 0 unspecified atom stereocenters. The standard InChI is InChI=1S/C20H18N2O5/c1-3-27-20(25)15-11-21-16-9-8-12(10-14(16)18(15)23)22-19(24)13-6-4-5-7-17(13)26-2/h4-11H,3H2,1-2H3,(H,21,23)(H,22,24). The molecule has 0 saturated heterocycles. The van der Waals surface area contributed by atoms with Crippen molar-refractivity contribution in [1.29, 1.82) is 0 Å². The SMILES string of the molecule is CCOC(=O)c1c[nH]c2ccc(NC(=O)c3ccccc3OC)cc2c1=O. The van der Waals surface area contributed by atoms with E-state index in [9.17, 15) is 14.4 Å². The minimum Gasteiger partial charge on any atom is -0.496 e. The second-order valence-corrected chi connectivity index (χ2v) is 5.67. The average Bonchev–Trinajstić information content (AvgIpc) is 2.68. The Hall–Kier alpha value is -3.61. The van der Waals surface area contributed by atoms with Gasteiger partial charge in [0, 0.05) is 22.8 Å². The first kappa shape index (κ1) is 18.2. The van der Waals surface area contributed by atoms with Crippen LogP contribution >= 0.6 is 0 Å². The number of carbonyl (C=O) groups is 2. The molecule has 0 aliphatic carbocycles. The van der Waals surface area contributed by atoms with Crippen molar-refractivity contribution in [3.05, 3.63) is 70.0 Å². The summed E-state index contributed by atoms with van der Waals surface area (Å²) in [5, 5.41) is 3.01. The number of aromatic nitrogens is 1. The Morgan fingerprint density at radius 1 is 1.11 bits per heavy atom. The lowest BCUT2D eigenvalue weighted by molar-refractivity contribution is 0.0524. The fraction of sp³-hybridized carbons (Fsp3) is 0.150. The van der Waals surface area contributed by atoms with Gasteiger partial charge in [0.25, 0.3) is 5.91 Å². The molecule has 0 saturated carbocycles. The Kier molecular flexibility index (Phi) is 5.21. The van der Waals surface area contributed by atoms with Gasteiger partial charge in [0.1, 0.15) is 11.3 Å². The van der Waals surface area contributed by atoms with Gasteiger partial charge in [-0.15, -0.1) is 0 Å². The molecule has 138 valence electrons. The highest BCUT2D eigenvalue weighted by Gasteiger charge is 2.16. The average molecular weight is 366 g/mol. The predicted molar refractivity (Wildman–Crippen MR) is 101 cm³/mol. The van der Waals surface area contributed by atoms with E-state index in [0.717, 1.165) is 0 Å². The number of para-hydroxylation sites is 1. The summed E-state index contributed by atoms with van der Waals surface area (Å²) in [7, 11) is 1.48. The van der Waals surface area contributed by atoms with Gasteiger partial charge in [-0.05, 0) is 37.3 Å². The molecular formula is C20H18N2O5. The lowest BCUT2D eigenvalue weighted by Gasteiger charge is -2.10. The third kappa shape index (κ3) is 3.67. The Labute approximate surface area is 154 Å². The Morgan fingerprint density at radius 3 is 2.63 bits per heavy atom. The summed E-state index contributed by atoms with van der Waals surface area (Å²) in [4.78, 5) is 39.9. The first-order valence-electron chi connectivity index (χ1n) is 8.32. The molecule has 2 aromatic carbocycles. The van der Waals surface area contributed by atoms with Crippen molar-refractivity contribution in [3.8, 4) is 5.75 Å². The summed E-state index contributed by atoms with van der Waals surface area (Å²) in [6.45, 7) is 1.84. The summed E-state index contributed by atoms with van der Waals surface area (Å²) in [5.41, 5.74) is 0.788. The van der Waals surface area contributed by atoms with Crippen LogP contribution in [-0.2, 0) is 4.74 Å². The van der Waals surface area contributed by atoms with Gasteiger partial charge in [-0.1, -0.05) is 12.1 Å². The smallest absolute Gasteiger partial charge is 0.343 e. The van der Waals surface area contributed by atoms with E-state index in [2.05, 4.69) is 10.3 Å². The molecule has 0 aliphatic heterocycles. The molecule has 0 atom stereocenters. The van der Waals surface area contributed by atoms with Crippen molar-refractivity contribution in [2.45, 2.75) is 6.92 Å². The third-order valence-electron chi connectivity index (χ3n) is 3.99. The molecule has 0 bridgehead atoms. The monoisotopic (exact) mass is 366 g/mol. The number of rotatable bonds is 5. The fourth-order valence-corrected chi connectivity index (χ4v) is 2.69. The van der Waals surface area contributed by atoms with Crippen molar-refractivity contribution in [2.24, 2.45) is 0 Å². The highest BCUT2D eigenvalue weighted by molar-refractivity contribution is 6.07. The van der Waals surface area contributed by atoms with Crippen LogP contribution in [0.3, 0.4) is 0 Å².